The van der Waals surface area contributed by atoms with Gasteiger partial charge in [-0.25, -0.2) is 9.18 Å². The van der Waals surface area contributed by atoms with Crippen LogP contribution in [0, 0.1) is 5.82 Å². The molecule has 7 rings (SSSR count). The Morgan fingerprint density at radius 3 is 2.55 bits per heavy atom. The van der Waals surface area contributed by atoms with E-state index in [1.807, 2.05) is 0 Å². The number of carbonyl (C=O) groups is 1. The highest BCUT2D eigenvalue weighted by atomic mass is 32.1. The molecule has 3 atom stereocenters. The Labute approximate surface area is 241 Å². The number of nitrogens with zero attached hydrogens (tertiary/aromatic N) is 3. The number of carboxylic acids is 1. The van der Waals surface area contributed by atoms with E-state index in [2.05, 4.69) is 19.2 Å². The summed E-state index contributed by atoms with van der Waals surface area (Å²) >= 11 is 1.04. The predicted octanol–water partition coefficient (Wildman–Crippen LogP) is 7.28. The monoisotopic (exact) mass is 603 g/mol. The Morgan fingerprint density at radius 1 is 1.12 bits per heavy atom. The van der Waals surface area contributed by atoms with Crippen LogP contribution in [0.2, 0.25) is 0 Å². The average Bonchev–Trinajstić information content (AvgIpc) is 3.47. The molecule has 1 aliphatic carbocycles. The Bertz CT molecular complexity index is 1650. The van der Waals surface area contributed by atoms with Crippen molar-refractivity contribution in [1.82, 2.24) is 9.53 Å². The Balaban J connectivity index is 1.11. The van der Waals surface area contributed by atoms with Gasteiger partial charge in [-0.2, -0.15) is 4.37 Å². The summed E-state index contributed by atoms with van der Waals surface area (Å²) in [6.45, 7) is 0.119. The van der Waals surface area contributed by atoms with Crippen LogP contribution in [0.15, 0.2) is 40.9 Å². The van der Waals surface area contributed by atoms with E-state index < -0.39 is 18.1 Å². The summed E-state index contributed by atoms with van der Waals surface area (Å²) in [6, 6.07) is 8.85. The van der Waals surface area contributed by atoms with E-state index >= 15 is 4.39 Å². The number of benzene rings is 2. The number of para-hydroxylation sites is 1. The van der Waals surface area contributed by atoms with Gasteiger partial charge >= 0.3 is 12.3 Å². The molecule has 0 radical (unpaired) electrons. The minimum Gasteiger partial charge on any atom is -0.476 e. The molecule has 2 aliphatic heterocycles. The smallest absolute Gasteiger partial charge is 0.476 e. The molecule has 3 fully saturated rings. The van der Waals surface area contributed by atoms with Crippen LogP contribution in [0.4, 0.5) is 23.2 Å². The molecule has 0 spiro atoms. The van der Waals surface area contributed by atoms with Crippen LogP contribution in [0.5, 0.6) is 5.75 Å². The highest BCUT2D eigenvalue weighted by molar-refractivity contribution is 7.13. The van der Waals surface area contributed by atoms with Crippen LogP contribution in [-0.4, -0.2) is 45.2 Å². The van der Waals surface area contributed by atoms with Crippen molar-refractivity contribution < 1.29 is 41.5 Å². The largest absolute Gasteiger partial charge is 0.573 e. The molecular formula is C29H25F4N3O5S. The zero-order valence-corrected chi connectivity index (χ0v) is 22.9. The number of hydrogen-bond donors (Lipinski definition) is 1. The van der Waals surface area contributed by atoms with Crippen LogP contribution in [0.3, 0.4) is 0 Å². The summed E-state index contributed by atoms with van der Waals surface area (Å²) in [5, 5.41) is 13.8. The number of alkyl halides is 3. The maximum atomic E-state index is 15.3. The lowest BCUT2D eigenvalue weighted by atomic mass is 9.98. The molecule has 2 saturated heterocycles. The van der Waals surface area contributed by atoms with Gasteiger partial charge in [0, 0.05) is 34.5 Å². The second-order valence-electron chi connectivity index (χ2n) is 11.0. The van der Waals surface area contributed by atoms with Crippen LogP contribution in [0.1, 0.15) is 66.3 Å². The number of aromatic carboxylic acids is 1. The van der Waals surface area contributed by atoms with Crippen LogP contribution >= 0.6 is 11.5 Å². The van der Waals surface area contributed by atoms with Gasteiger partial charge in [0.05, 0.1) is 23.1 Å². The van der Waals surface area contributed by atoms with E-state index in [4.69, 9.17) is 9.26 Å². The first-order valence-corrected chi connectivity index (χ1v) is 14.5. The zero-order chi connectivity index (χ0) is 29.2. The van der Waals surface area contributed by atoms with Gasteiger partial charge in [0.15, 0.2) is 5.69 Å². The molecular weight excluding hydrogens is 578 g/mol. The van der Waals surface area contributed by atoms with Crippen molar-refractivity contribution >= 4 is 33.3 Å². The predicted molar refractivity (Wildman–Crippen MR) is 144 cm³/mol. The highest BCUT2D eigenvalue weighted by Gasteiger charge is 2.43. The molecule has 2 bridgehead atoms. The third kappa shape index (κ3) is 4.98. The molecule has 4 aromatic rings. The summed E-state index contributed by atoms with van der Waals surface area (Å²) in [6.07, 6.45) is -0.176. The van der Waals surface area contributed by atoms with E-state index in [1.165, 1.54) is 24.3 Å². The Morgan fingerprint density at radius 2 is 1.86 bits per heavy atom. The number of carboxylic acid groups (broad SMARTS) is 1. The van der Waals surface area contributed by atoms with Gasteiger partial charge in [-0.1, -0.05) is 17.3 Å². The van der Waals surface area contributed by atoms with E-state index in [-0.39, 0.29) is 58.8 Å². The third-order valence-electron chi connectivity index (χ3n) is 8.31. The minimum absolute atomic E-state index is 0.0262. The second-order valence-corrected chi connectivity index (χ2v) is 11.8. The van der Waals surface area contributed by atoms with Crippen LogP contribution in [-0.2, 0) is 11.3 Å². The Kier molecular flexibility index (Phi) is 6.61. The molecule has 1 saturated carbocycles. The van der Waals surface area contributed by atoms with Crippen molar-refractivity contribution in [3.8, 4) is 17.0 Å². The molecule has 2 unspecified atom stereocenters. The molecule has 1 N–H and O–H groups in total. The maximum absolute atomic E-state index is 15.3. The second kappa shape index (κ2) is 10.2. The van der Waals surface area contributed by atoms with Crippen molar-refractivity contribution in [2.45, 2.75) is 75.6 Å². The highest BCUT2D eigenvalue weighted by Crippen LogP contribution is 2.47. The van der Waals surface area contributed by atoms with Gasteiger partial charge in [0.1, 0.15) is 23.0 Å². The summed E-state index contributed by atoms with van der Waals surface area (Å²) in [5.41, 5.74) is 1.37. The third-order valence-corrected chi connectivity index (χ3v) is 9.12. The van der Waals surface area contributed by atoms with Crippen molar-refractivity contribution in [2.24, 2.45) is 0 Å². The minimum atomic E-state index is -4.86. The number of aromatic nitrogens is 2. The molecule has 3 aliphatic rings. The van der Waals surface area contributed by atoms with E-state index in [1.54, 1.807) is 12.1 Å². The Hall–Kier alpha value is -3.71. The number of halogens is 4. The fraction of sp³-hybridized carbons (Fsp3) is 0.414. The van der Waals surface area contributed by atoms with Gasteiger partial charge in [-0.05, 0) is 74.3 Å². The number of anilines is 1. The molecule has 42 heavy (non-hydrogen) atoms. The molecule has 4 heterocycles. The number of hydrogen-bond acceptors (Lipinski definition) is 8. The first-order valence-electron chi connectivity index (χ1n) is 13.7. The average molecular weight is 604 g/mol. The lowest BCUT2D eigenvalue weighted by molar-refractivity contribution is -0.274. The fourth-order valence-electron chi connectivity index (χ4n) is 6.37. The van der Waals surface area contributed by atoms with Crippen molar-refractivity contribution in [2.75, 3.05) is 4.90 Å². The normalized spacial score (nSPS) is 22.2. The molecule has 0 amide bonds. The summed E-state index contributed by atoms with van der Waals surface area (Å²) in [7, 11) is 0. The number of piperidine rings is 1. The topological polar surface area (TPSA) is 97.9 Å². The van der Waals surface area contributed by atoms with Crippen molar-refractivity contribution in [3.63, 3.8) is 0 Å². The summed E-state index contributed by atoms with van der Waals surface area (Å²) < 4.78 is 75.5. The molecule has 8 nitrogen and oxygen atoms in total. The molecule has 13 heteroatoms. The quantitative estimate of drug-likeness (QED) is 0.210. The van der Waals surface area contributed by atoms with Gasteiger partial charge in [-0.3, -0.25) is 0 Å². The van der Waals surface area contributed by atoms with Gasteiger partial charge in [0.25, 0.3) is 0 Å². The van der Waals surface area contributed by atoms with Crippen LogP contribution < -0.4 is 9.64 Å². The van der Waals surface area contributed by atoms with Crippen molar-refractivity contribution in [1.29, 1.82) is 0 Å². The first-order chi connectivity index (χ1) is 20.2. The lowest BCUT2D eigenvalue weighted by Gasteiger charge is -2.40. The first kappa shape index (κ1) is 27.1. The fourth-order valence-corrected chi connectivity index (χ4v) is 7.16. The molecule has 2 aromatic carbocycles. The van der Waals surface area contributed by atoms with E-state index in [0.717, 1.165) is 37.2 Å². The number of fused-ring (bicyclic) bond motifs is 3. The standard InChI is InChI=1S/C29H25F4N3O5S/c30-21-11-19-24(42-35-26(19)28(37)38)12-22(21)36-15-7-8-16(36)10-17(9-15)39-13-20-25(34-41-27(20)14-5-6-14)18-3-1-2-4-23(18)40-29(31,32)33/h1-4,11-12,14-17H,5-10,13H2,(H,37,38)/t15-,16?,17?/m0/s1. The summed E-state index contributed by atoms with van der Waals surface area (Å²) in [5.74, 6) is -1.24. The molecule has 2 aromatic heterocycles. The van der Waals surface area contributed by atoms with E-state index in [0.29, 0.717) is 34.6 Å². The van der Waals surface area contributed by atoms with E-state index in [9.17, 15) is 23.1 Å². The SMILES string of the molecule is O=C(O)c1nsc2cc(N3C4CC[C@H]3CC(OCc3c(-c5ccccc5OC(F)(F)F)noc3C3CC3)C4)c(F)cc12. The van der Waals surface area contributed by atoms with Crippen molar-refractivity contribution in [3.05, 3.63) is 59.2 Å². The maximum Gasteiger partial charge on any atom is 0.573 e. The van der Waals surface area contributed by atoms with Gasteiger partial charge in [0.2, 0.25) is 0 Å². The number of rotatable bonds is 8. The summed E-state index contributed by atoms with van der Waals surface area (Å²) in [4.78, 5) is 13.5. The lowest BCUT2D eigenvalue weighted by Crippen LogP contribution is -2.46. The van der Waals surface area contributed by atoms with Crippen LogP contribution in [0.25, 0.3) is 21.3 Å². The number of ether oxygens (including phenoxy) is 2. The molecule has 220 valence electrons. The zero-order valence-electron chi connectivity index (χ0n) is 22.1. The van der Waals surface area contributed by atoms with Gasteiger partial charge in [-0.15, -0.1) is 13.2 Å². The van der Waals surface area contributed by atoms with Gasteiger partial charge < -0.3 is 24.0 Å².